The van der Waals surface area contributed by atoms with E-state index in [9.17, 15) is 0 Å². The van der Waals surface area contributed by atoms with Crippen molar-refractivity contribution in [3.05, 3.63) is 48.3 Å². The van der Waals surface area contributed by atoms with E-state index in [0.717, 1.165) is 12.1 Å². The fraction of sp³-hybridized carbons (Fsp3) is 0.250. The first-order valence-electron chi connectivity index (χ1n) is 5.21. The first-order valence-corrected chi connectivity index (χ1v) is 5.21. The largest absolute Gasteiger partial charge is 0.327 e. The Morgan fingerprint density at radius 3 is 2.35 bits per heavy atom. The van der Waals surface area contributed by atoms with E-state index in [-0.39, 0.29) is 24.8 Å². The maximum Gasteiger partial charge on any atom is 0.0648 e. The Balaban J connectivity index is 0.000000722. The second kappa shape index (κ2) is 5.54. The smallest absolute Gasteiger partial charge is 0.0648 e. The monoisotopic (exact) mass is 271 g/mol. The third-order valence-corrected chi connectivity index (χ3v) is 2.89. The van der Waals surface area contributed by atoms with E-state index >= 15 is 0 Å². The number of rotatable bonds is 2. The Bertz CT molecular complexity index is 470. The van der Waals surface area contributed by atoms with E-state index in [4.69, 9.17) is 5.73 Å². The van der Waals surface area contributed by atoms with Gasteiger partial charge in [0.25, 0.3) is 0 Å². The number of hydrogen-bond acceptors (Lipinski definition) is 2. The molecular formula is C12H15Cl2N3. The van der Waals surface area contributed by atoms with Crippen LogP contribution in [-0.2, 0) is 0 Å². The van der Waals surface area contributed by atoms with E-state index < -0.39 is 0 Å². The lowest BCUT2D eigenvalue weighted by atomic mass is 10.2. The summed E-state index contributed by atoms with van der Waals surface area (Å²) < 4.78 is 1.98. The van der Waals surface area contributed by atoms with Crippen molar-refractivity contribution in [3.8, 4) is 5.69 Å². The molecule has 2 unspecified atom stereocenters. The number of halogens is 2. The predicted molar refractivity (Wildman–Crippen MR) is 73.4 cm³/mol. The zero-order chi connectivity index (χ0) is 10.3. The van der Waals surface area contributed by atoms with Gasteiger partial charge in [0.2, 0.25) is 0 Å². The van der Waals surface area contributed by atoms with Gasteiger partial charge >= 0.3 is 0 Å². The molecule has 0 amide bonds. The summed E-state index contributed by atoms with van der Waals surface area (Å²) in [7, 11) is 0. The molecule has 1 aromatic carbocycles. The van der Waals surface area contributed by atoms with Gasteiger partial charge in [0.05, 0.1) is 5.69 Å². The van der Waals surface area contributed by atoms with Crippen LogP contribution in [-0.4, -0.2) is 15.8 Å². The molecule has 0 aliphatic heterocycles. The molecular weight excluding hydrogens is 257 g/mol. The Labute approximate surface area is 113 Å². The summed E-state index contributed by atoms with van der Waals surface area (Å²) in [6.45, 7) is 0. The molecule has 2 aromatic rings. The second-order valence-corrected chi connectivity index (χ2v) is 4.01. The second-order valence-electron chi connectivity index (χ2n) is 4.01. The lowest BCUT2D eigenvalue weighted by molar-refractivity contribution is 0.795. The van der Waals surface area contributed by atoms with Crippen molar-refractivity contribution < 1.29 is 0 Å². The molecule has 1 aromatic heterocycles. The summed E-state index contributed by atoms with van der Waals surface area (Å²) in [5.74, 6) is 0.493. The van der Waals surface area contributed by atoms with Crippen molar-refractivity contribution in [3.63, 3.8) is 0 Å². The van der Waals surface area contributed by atoms with Crippen LogP contribution in [0.15, 0.2) is 42.6 Å². The molecule has 1 saturated carbocycles. The summed E-state index contributed by atoms with van der Waals surface area (Å²) in [6.07, 6.45) is 2.92. The molecule has 1 aliphatic carbocycles. The molecule has 2 N–H and O–H groups in total. The molecule has 0 spiro atoms. The Morgan fingerprint density at radius 2 is 1.76 bits per heavy atom. The van der Waals surface area contributed by atoms with Crippen LogP contribution in [0.2, 0.25) is 0 Å². The number of nitrogens with two attached hydrogens (primary N) is 1. The fourth-order valence-corrected chi connectivity index (χ4v) is 1.93. The average Bonchev–Trinajstić information content (AvgIpc) is 2.82. The summed E-state index contributed by atoms with van der Waals surface area (Å²) >= 11 is 0. The summed E-state index contributed by atoms with van der Waals surface area (Å²) in [6, 6.07) is 12.6. The molecule has 1 heterocycles. The third kappa shape index (κ3) is 2.63. The number of nitrogens with zero attached hydrogens (tertiary/aromatic N) is 2. The quantitative estimate of drug-likeness (QED) is 0.913. The van der Waals surface area contributed by atoms with Gasteiger partial charge in [0.1, 0.15) is 0 Å². The summed E-state index contributed by atoms with van der Waals surface area (Å²) in [5.41, 5.74) is 8.20. The van der Waals surface area contributed by atoms with Crippen molar-refractivity contribution in [2.24, 2.45) is 5.73 Å². The van der Waals surface area contributed by atoms with Crippen LogP contribution >= 0.6 is 24.8 Å². The zero-order valence-corrected chi connectivity index (χ0v) is 10.8. The first kappa shape index (κ1) is 14.0. The fourth-order valence-electron chi connectivity index (χ4n) is 1.93. The van der Waals surface area contributed by atoms with Gasteiger partial charge in [-0.2, -0.15) is 5.10 Å². The van der Waals surface area contributed by atoms with Gasteiger partial charge in [-0.1, -0.05) is 18.2 Å². The molecule has 2 atom stereocenters. The molecule has 92 valence electrons. The van der Waals surface area contributed by atoms with Crippen LogP contribution in [0.4, 0.5) is 0 Å². The minimum Gasteiger partial charge on any atom is -0.327 e. The standard InChI is InChI=1S/C12H13N3.2ClH/c13-11-8-10(11)12-6-7-14-15(12)9-4-2-1-3-5-9;;/h1-7,10-11H,8,13H2;2*1H. The minimum atomic E-state index is 0. The van der Waals surface area contributed by atoms with E-state index in [1.165, 1.54) is 5.69 Å². The number of aromatic nitrogens is 2. The predicted octanol–water partition coefficient (Wildman–Crippen LogP) is 2.53. The molecule has 1 aliphatic rings. The molecule has 3 rings (SSSR count). The lowest BCUT2D eigenvalue weighted by Gasteiger charge is -2.05. The van der Waals surface area contributed by atoms with E-state index in [1.54, 1.807) is 0 Å². The van der Waals surface area contributed by atoms with Crippen LogP contribution in [0.3, 0.4) is 0 Å². The molecule has 0 saturated heterocycles. The Morgan fingerprint density at radius 1 is 1.12 bits per heavy atom. The molecule has 3 nitrogen and oxygen atoms in total. The van der Waals surface area contributed by atoms with E-state index in [0.29, 0.717) is 12.0 Å². The van der Waals surface area contributed by atoms with E-state index in [1.807, 2.05) is 29.1 Å². The van der Waals surface area contributed by atoms with Crippen molar-refractivity contribution >= 4 is 24.8 Å². The van der Waals surface area contributed by atoms with Crippen molar-refractivity contribution in [1.82, 2.24) is 9.78 Å². The SMILES string of the molecule is Cl.Cl.NC1CC1c1ccnn1-c1ccccc1. The summed E-state index contributed by atoms with van der Waals surface area (Å²) in [5, 5.41) is 4.34. The van der Waals surface area contributed by atoms with Crippen LogP contribution in [0.1, 0.15) is 18.0 Å². The van der Waals surface area contributed by atoms with Crippen LogP contribution < -0.4 is 5.73 Å². The summed E-state index contributed by atoms with van der Waals surface area (Å²) in [4.78, 5) is 0. The van der Waals surface area contributed by atoms with E-state index in [2.05, 4.69) is 23.3 Å². The third-order valence-electron chi connectivity index (χ3n) is 2.89. The number of para-hydroxylation sites is 1. The van der Waals surface area contributed by atoms with Gasteiger partial charge < -0.3 is 5.73 Å². The first-order chi connectivity index (χ1) is 7.36. The maximum absolute atomic E-state index is 5.86. The van der Waals surface area contributed by atoms with Gasteiger partial charge in [-0.15, -0.1) is 24.8 Å². The highest BCUT2D eigenvalue weighted by Gasteiger charge is 2.37. The maximum atomic E-state index is 5.86. The number of hydrogen-bond donors (Lipinski definition) is 1. The highest BCUT2D eigenvalue weighted by molar-refractivity contribution is 5.85. The van der Waals surface area contributed by atoms with Gasteiger partial charge in [-0.3, -0.25) is 0 Å². The molecule has 0 radical (unpaired) electrons. The van der Waals surface area contributed by atoms with Gasteiger partial charge in [-0.25, -0.2) is 4.68 Å². The zero-order valence-electron chi connectivity index (χ0n) is 9.19. The van der Waals surface area contributed by atoms with Crippen molar-refractivity contribution in [2.45, 2.75) is 18.4 Å². The van der Waals surface area contributed by atoms with Crippen molar-refractivity contribution in [2.75, 3.05) is 0 Å². The number of benzene rings is 1. The Hall–Kier alpha value is -1.03. The van der Waals surface area contributed by atoms with Crippen LogP contribution in [0, 0.1) is 0 Å². The Kier molecular flexibility index (Phi) is 4.57. The molecule has 1 fully saturated rings. The molecule has 17 heavy (non-hydrogen) atoms. The molecule has 0 bridgehead atoms. The normalized spacial score (nSPS) is 21.2. The highest BCUT2D eigenvalue weighted by Crippen LogP contribution is 2.39. The molecule has 5 heteroatoms. The van der Waals surface area contributed by atoms with Gasteiger partial charge in [-0.05, 0) is 24.6 Å². The average molecular weight is 272 g/mol. The van der Waals surface area contributed by atoms with Crippen LogP contribution in [0.25, 0.3) is 5.69 Å². The van der Waals surface area contributed by atoms with Crippen molar-refractivity contribution in [1.29, 1.82) is 0 Å². The highest BCUT2D eigenvalue weighted by atomic mass is 35.5. The van der Waals surface area contributed by atoms with Gasteiger partial charge in [0, 0.05) is 23.9 Å². The van der Waals surface area contributed by atoms with Crippen LogP contribution in [0.5, 0.6) is 0 Å². The minimum absolute atomic E-state index is 0. The lowest BCUT2D eigenvalue weighted by Crippen LogP contribution is -2.06. The van der Waals surface area contributed by atoms with Gasteiger partial charge in [0.15, 0.2) is 0 Å². The topological polar surface area (TPSA) is 43.8 Å².